The normalized spacial score (nSPS) is 18.0. The summed E-state index contributed by atoms with van der Waals surface area (Å²) in [5.41, 5.74) is 3.49. The highest BCUT2D eigenvalue weighted by molar-refractivity contribution is 7.89. The lowest BCUT2D eigenvalue weighted by molar-refractivity contribution is 0.0950. The molecule has 2 aliphatic rings. The molecule has 1 amide bonds. The number of carbonyl (C=O) groups excluding carboxylic acids is 1. The molecule has 0 bridgehead atoms. The van der Waals surface area contributed by atoms with Gasteiger partial charge >= 0.3 is 0 Å². The number of nitrogens with zero attached hydrogens (tertiary/aromatic N) is 2. The van der Waals surface area contributed by atoms with Gasteiger partial charge in [-0.05, 0) is 74.5 Å². The van der Waals surface area contributed by atoms with Crippen molar-refractivity contribution in [2.45, 2.75) is 57.0 Å². The maximum atomic E-state index is 12.9. The highest BCUT2D eigenvalue weighted by Gasteiger charge is 2.28. The molecule has 2 saturated heterocycles. The van der Waals surface area contributed by atoms with Gasteiger partial charge in [-0.1, -0.05) is 36.8 Å². The van der Waals surface area contributed by atoms with Crippen LogP contribution in [0.1, 0.15) is 59.2 Å². The number of benzene rings is 2. The number of nitrogens with one attached hydrogen (secondary N) is 1. The van der Waals surface area contributed by atoms with E-state index in [2.05, 4.69) is 34.5 Å². The third kappa shape index (κ3) is 5.39. The first kappa shape index (κ1) is 23.0. The number of amides is 1. The number of likely N-dealkylation sites (tertiary alicyclic amines) is 1. The molecule has 4 rings (SSSR count). The number of rotatable bonds is 7. The van der Waals surface area contributed by atoms with Crippen molar-refractivity contribution in [1.82, 2.24) is 14.5 Å². The SMILES string of the molecule is Cc1ccc(S(=O)(=O)N2CCCC2)cc1C(=O)NCc1ccc(CN2CCCCC2)cc1. The number of hydrogen-bond donors (Lipinski definition) is 1. The van der Waals surface area contributed by atoms with E-state index in [9.17, 15) is 13.2 Å². The van der Waals surface area contributed by atoms with Crippen LogP contribution in [-0.2, 0) is 23.1 Å². The van der Waals surface area contributed by atoms with Gasteiger partial charge in [-0.3, -0.25) is 9.69 Å². The third-order valence-electron chi connectivity index (χ3n) is 6.49. The number of hydrogen-bond acceptors (Lipinski definition) is 4. The minimum Gasteiger partial charge on any atom is -0.348 e. The Morgan fingerprint density at radius 1 is 0.875 bits per heavy atom. The van der Waals surface area contributed by atoms with E-state index in [4.69, 9.17) is 0 Å². The summed E-state index contributed by atoms with van der Waals surface area (Å²) in [4.78, 5) is 15.5. The summed E-state index contributed by atoms with van der Waals surface area (Å²) in [6.45, 7) is 6.65. The van der Waals surface area contributed by atoms with Crippen LogP contribution in [0.5, 0.6) is 0 Å². The van der Waals surface area contributed by atoms with E-state index >= 15 is 0 Å². The second kappa shape index (κ2) is 10.1. The van der Waals surface area contributed by atoms with E-state index in [0.29, 0.717) is 25.2 Å². The Kier molecular flexibility index (Phi) is 7.28. The number of piperidine rings is 1. The first-order chi connectivity index (χ1) is 15.4. The fourth-order valence-corrected chi connectivity index (χ4v) is 6.04. The van der Waals surface area contributed by atoms with Gasteiger partial charge in [0.15, 0.2) is 0 Å². The van der Waals surface area contributed by atoms with Crippen LogP contribution < -0.4 is 5.32 Å². The molecule has 0 aromatic heterocycles. The molecule has 2 heterocycles. The summed E-state index contributed by atoms with van der Waals surface area (Å²) >= 11 is 0. The highest BCUT2D eigenvalue weighted by atomic mass is 32.2. The van der Waals surface area contributed by atoms with Crippen molar-refractivity contribution in [2.75, 3.05) is 26.2 Å². The number of sulfonamides is 1. The molecule has 7 heteroatoms. The van der Waals surface area contributed by atoms with Crippen molar-refractivity contribution in [3.63, 3.8) is 0 Å². The minimum atomic E-state index is -3.55. The monoisotopic (exact) mass is 455 g/mol. The predicted octanol–water partition coefficient (Wildman–Crippen LogP) is 3.70. The zero-order valence-electron chi connectivity index (χ0n) is 18.8. The van der Waals surface area contributed by atoms with Gasteiger partial charge in [0.25, 0.3) is 5.91 Å². The maximum Gasteiger partial charge on any atom is 0.251 e. The molecule has 0 radical (unpaired) electrons. The van der Waals surface area contributed by atoms with Crippen molar-refractivity contribution >= 4 is 15.9 Å². The second-order valence-electron chi connectivity index (χ2n) is 8.92. The number of aryl methyl sites for hydroxylation is 1. The van der Waals surface area contributed by atoms with Gasteiger partial charge in [0.05, 0.1) is 4.90 Å². The molecule has 2 aliphatic heterocycles. The third-order valence-corrected chi connectivity index (χ3v) is 8.38. The molecule has 172 valence electrons. The smallest absolute Gasteiger partial charge is 0.251 e. The Morgan fingerprint density at radius 2 is 1.50 bits per heavy atom. The average molecular weight is 456 g/mol. The summed E-state index contributed by atoms with van der Waals surface area (Å²) in [7, 11) is -3.55. The van der Waals surface area contributed by atoms with Crippen LogP contribution in [0.25, 0.3) is 0 Å². The van der Waals surface area contributed by atoms with Gasteiger partial charge in [0.2, 0.25) is 10.0 Å². The van der Waals surface area contributed by atoms with Crippen molar-refractivity contribution in [1.29, 1.82) is 0 Å². The van der Waals surface area contributed by atoms with Crippen LogP contribution >= 0.6 is 0 Å². The zero-order chi connectivity index (χ0) is 22.6. The zero-order valence-corrected chi connectivity index (χ0v) is 19.7. The molecular weight excluding hydrogens is 422 g/mol. The van der Waals surface area contributed by atoms with E-state index in [-0.39, 0.29) is 10.8 Å². The van der Waals surface area contributed by atoms with Gasteiger partial charge in [-0.15, -0.1) is 0 Å². The van der Waals surface area contributed by atoms with Crippen LogP contribution in [0.2, 0.25) is 0 Å². The summed E-state index contributed by atoms with van der Waals surface area (Å²) in [5, 5.41) is 2.95. The summed E-state index contributed by atoms with van der Waals surface area (Å²) < 4.78 is 27.2. The molecule has 0 spiro atoms. The molecule has 2 fully saturated rings. The molecule has 0 saturated carbocycles. The van der Waals surface area contributed by atoms with E-state index in [1.807, 2.05) is 6.92 Å². The number of carbonyl (C=O) groups is 1. The molecule has 32 heavy (non-hydrogen) atoms. The van der Waals surface area contributed by atoms with E-state index in [1.54, 1.807) is 12.1 Å². The van der Waals surface area contributed by atoms with Gasteiger partial charge in [-0.25, -0.2) is 8.42 Å². The van der Waals surface area contributed by atoms with Crippen LogP contribution in [-0.4, -0.2) is 49.7 Å². The van der Waals surface area contributed by atoms with E-state index in [0.717, 1.165) is 30.5 Å². The van der Waals surface area contributed by atoms with Crippen molar-refractivity contribution in [3.8, 4) is 0 Å². The van der Waals surface area contributed by atoms with E-state index in [1.165, 1.54) is 48.3 Å². The average Bonchev–Trinajstić information content (AvgIpc) is 3.35. The molecule has 0 atom stereocenters. The van der Waals surface area contributed by atoms with Crippen LogP contribution in [0.15, 0.2) is 47.4 Å². The summed E-state index contributed by atoms with van der Waals surface area (Å²) in [5.74, 6) is -0.252. The molecule has 0 aliphatic carbocycles. The quantitative estimate of drug-likeness (QED) is 0.691. The fourth-order valence-electron chi connectivity index (χ4n) is 4.50. The highest BCUT2D eigenvalue weighted by Crippen LogP contribution is 2.23. The first-order valence-corrected chi connectivity index (χ1v) is 13.1. The lowest BCUT2D eigenvalue weighted by atomic mass is 10.1. The Balaban J connectivity index is 1.38. The predicted molar refractivity (Wildman–Crippen MR) is 126 cm³/mol. The van der Waals surface area contributed by atoms with Gasteiger partial charge in [-0.2, -0.15) is 4.31 Å². The van der Waals surface area contributed by atoms with Crippen LogP contribution in [0.3, 0.4) is 0 Å². The van der Waals surface area contributed by atoms with Crippen LogP contribution in [0.4, 0.5) is 0 Å². The standard InChI is InChI=1S/C25H33N3O3S/c1-20-7-12-23(32(30,31)28-15-5-6-16-28)17-24(20)25(29)26-18-21-8-10-22(11-9-21)19-27-13-3-2-4-14-27/h7-12,17H,2-6,13-16,18-19H2,1H3,(H,26,29). The largest absolute Gasteiger partial charge is 0.348 e. The van der Waals surface area contributed by atoms with Gasteiger partial charge in [0, 0.05) is 31.7 Å². The van der Waals surface area contributed by atoms with Crippen molar-refractivity contribution < 1.29 is 13.2 Å². The van der Waals surface area contributed by atoms with E-state index < -0.39 is 10.0 Å². The molecule has 2 aromatic rings. The molecule has 6 nitrogen and oxygen atoms in total. The van der Waals surface area contributed by atoms with Crippen LogP contribution in [0, 0.1) is 6.92 Å². The Hall–Kier alpha value is -2.22. The van der Waals surface area contributed by atoms with Gasteiger partial charge < -0.3 is 5.32 Å². The summed E-state index contributed by atoms with van der Waals surface area (Å²) in [6, 6.07) is 13.2. The Bertz CT molecular complexity index is 1040. The minimum absolute atomic E-state index is 0.192. The lowest BCUT2D eigenvalue weighted by Gasteiger charge is -2.26. The van der Waals surface area contributed by atoms with Gasteiger partial charge in [0.1, 0.15) is 0 Å². The first-order valence-electron chi connectivity index (χ1n) is 11.6. The fraction of sp³-hybridized carbons (Fsp3) is 0.480. The molecule has 1 N–H and O–H groups in total. The maximum absolute atomic E-state index is 12.9. The Morgan fingerprint density at radius 3 is 2.19 bits per heavy atom. The summed E-state index contributed by atoms with van der Waals surface area (Å²) in [6.07, 6.45) is 5.67. The second-order valence-corrected chi connectivity index (χ2v) is 10.9. The molecule has 0 unspecified atom stereocenters. The molecular formula is C25H33N3O3S. The molecule has 2 aromatic carbocycles. The lowest BCUT2D eigenvalue weighted by Crippen LogP contribution is -2.29. The Labute approximate surface area is 191 Å². The van der Waals surface area contributed by atoms with Crippen molar-refractivity contribution in [2.24, 2.45) is 0 Å². The topological polar surface area (TPSA) is 69.7 Å². The van der Waals surface area contributed by atoms with Crippen molar-refractivity contribution in [3.05, 3.63) is 64.7 Å².